The molecule has 1 amide bonds. The molecule has 1 aliphatic rings. The van der Waals surface area contributed by atoms with Gasteiger partial charge in [0.25, 0.3) is 5.91 Å². The molecule has 1 aromatic heterocycles. The zero-order valence-corrected chi connectivity index (χ0v) is 16.7. The van der Waals surface area contributed by atoms with E-state index in [0.717, 1.165) is 43.2 Å². The number of halogens is 4. The van der Waals surface area contributed by atoms with E-state index in [1.54, 1.807) is 30.5 Å². The Morgan fingerprint density at radius 2 is 1.83 bits per heavy atom. The van der Waals surface area contributed by atoms with Crippen LogP contribution in [0.3, 0.4) is 0 Å². The maximum atomic E-state index is 12.4. The van der Waals surface area contributed by atoms with Crippen molar-refractivity contribution >= 4 is 35.0 Å². The Bertz CT molecular complexity index is 903. The molecule has 0 radical (unpaired) electrons. The van der Waals surface area contributed by atoms with Crippen molar-refractivity contribution < 1.29 is 27.9 Å². The van der Waals surface area contributed by atoms with Gasteiger partial charge in [-0.3, -0.25) is 4.79 Å². The van der Waals surface area contributed by atoms with Crippen LogP contribution in [0.4, 0.5) is 24.7 Å². The summed E-state index contributed by atoms with van der Waals surface area (Å²) in [6, 6.07) is 8.96. The lowest BCUT2D eigenvalue weighted by Gasteiger charge is -2.28. The number of carbonyl (C=O) groups excluding carboxylic acids is 1. The number of carbonyl (C=O) groups is 2. The minimum atomic E-state index is -5.08. The molecule has 1 aromatic carbocycles. The van der Waals surface area contributed by atoms with Gasteiger partial charge in [-0.2, -0.15) is 13.2 Å². The fraction of sp³-hybridized carbons (Fsp3) is 0.316. The first kappa shape index (κ1) is 23.4. The van der Waals surface area contributed by atoms with Crippen molar-refractivity contribution in [1.29, 1.82) is 0 Å². The third-order valence-electron chi connectivity index (χ3n) is 4.12. The Morgan fingerprint density at radius 1 is 1.20 bits per heavy atom. The number of carboxylic acid groups (broad SMARTS) is 1. The van der Waals surface area contributed by atoms with Crippen molar-refractivity contribution in [3.8, 4) is 0 Å². The molecular weight excluding hydrogens is 425 g/mol. The number of carboxylic acids is 1. The van der Waals surface area contributed by atoms with E-state index in [4.69, 9.17) is 21.5 Å². The van der Waals surface area contributed by atoms with Gasteiger partial charge in [-0.15, -0.1) is 0 Å². The highest BCUT2D eigenvalue weighted by Gasteiger charge is 2.38. The average molecular weight is 445 g/mol. The number of nitrogens with one attached hydrogen (secondary N) is 2. The van der Waals surface area contributed by atoms with Gasteiger partial charge >= 0.3 is 12.1 Å². The number of anilines is 2. The first-order valence-electron chi connectivity index (χ1n) is 8.87. The molecular formula is C19H20ClF3N4O3. The van der Waals surface area contributed by atoms with E-state index in [9.17, 15) is 18.0 Å². The Balaban J connectivity index is 0.000000396. The van der Waals surface area contributed by atoms with Gasteiger partial charge in [-0.05, 0) is 36.8 Å². The molecule has 7 nitrogen and oxygen atoms in total. The van der Waals surface area contributed by atoms with Gasteiger partial charge in [0.05, 0.1) is 0 Å². The van der Waals surface area contributed by atoms with Crippen LogP contribution in [0.5, 0.6) is 0 Å². The predicted octanol–water partition coefficient (Wildman–Crippen LogP) is 3.34. The van der Waals surface area contributed by atoms with Crippen molar-refractivity contribution in [2.75, 3.05) is 36.4 Å². The highest BCUT2D eigenvalue weighted by Crippen LogP contribution is 2.20. The SMILES string of the molecule is Cc1cc(Cl)ccc1C(=O)Nc1ccnc(N2CCNCC2)c1.O=C(O)C(F)(F)F. The number of pyridine rings is 1. The van der Waals surface area contributed by atoms with Gasteiger partial charge in [0, 0.05) is 54.7 Å². The lowest BCUT2D eigenvalue weighted by atomic mass is 10.1. The third-order valence-corrected chi connectivity index (χ3v) is 4.36. The first-order chi connectivity index (χ1) is 14.1. The fourth-order valence-electron chi connectivity index (χ4n) is 2.64. The van der Waals surface area contributed by atoms with E-state index in [0.29, 0.717) is 10.6 Å². The largest absolute Gasteiger partial charge is 0.490 e. The molecule has 30 heavy (non-hydrogen) atoms. The Hall–Kier alpha value is -2.85. The third kappa shape index (κ3) is 6.89. The molecule has 1 fully saturated rings. The topological polar surface area (TPSA) is 94.6 Å². The molecule has 1 aliphatic heterocycles. The number of aliphatic carboxylic acids is 1. The molecule has 162 valence electrons. The normalized spacial score (nSPS) is 13.8. The molecule has 0 aliphatic carbocycles. The highest BCUT2D eigenvalue weighted by molar-refractivity contribution is 6.30. The number of amides is 1. The second-order valence-corrected chi connectivity index (χ2v) is 6.79. The zero-order chi connectivity index (χ0) is 22.3. The summed E-state index contributed by atoms with van der Waals surface area (Å²) in [5.74, 6) is -2.01. The van der Waals surface area contributed by atoms with Crippen molar-refractivity contribution in [2.24, 2.45) is 0 Å². The number of aromatic nitrogens is 1. The molecule has 0 atom stereocenters. The first-order valence-corrected chi connectivity index (χ1v) is 9.25. The molecule has 0 bridgehead atoms. The standard InChI is InChI=1S/C17H19ClN4O.C2HF3O2/c1-12-10-13(18)2-3-15(12)17(23)21-14-4-5-20-16(11-14)22-8-6-19-7-9-22;3-2(4,5)1(6)7/h2-5,10-11,19H,6-9H2,1H3,(H,20,21,23);(H,6,7). The van der Waals surface area contributed by atoms with E-state index >= 15 is 0 Å². The van der Waals surface area contributed by atoms with Crippen molar-refractivity contribution in [1.82, 2.24) is 10.3 Å². The zero-order valence-electron chi connectivity index (χ0n) is 16.0. The smallest absolute Gasteiger partial charge is 0.475 e. The lowest BCUT2D eigenvalue weighted by molar-refractivity contribution is -0.192. The van der Waals surface area contributed by atoms with Crippen molar-refractivity contribution in [3.63, 3.8) is 0 Å². The van der Waals surface area contributed by atoms with Gasteiger partial charge in [-0.25, -0.2) is 9.78 Å². The van der Waals surface area contributed by atoms with Crippen molar-refractivity contribution in [3.05, 3.63) is 52.7 Å². The van der Waals surface area contributed by atoms with Crippen LogP contribution in [0.25, 0.3) is 0 Å². The van der Waals surface area contributed by atoms with Gasteiger partial charge in [-0.1, -0.05) is 11.6 Å². The van der Waals surface area contributed by atoms with Gasteiger partial charge in [0.2, 0.25) is 0 Å². The number of alkyl halides is 3. The lowest BCUT2D eigenvalue weighted by Crippen LogP contribution is -2.43. The van der Waals surface area contributed by atoms with Crippen LogP contribution in [0, 0.1) is 6.92 Å². The minimum absolute atomic E-state index is 0.142. The minimum Gasteiger partial charge on any atom is -0.475 e. The van der Waals surface area contributed by atoms with Crippen molar-refractivity contribution in [2.45, 2.75) is 13.1 Å². The van der Waals surface area contributed by atoms with E-state index in [2.05, 4.69) is 20.5 Å². The molecule has 1 saturated heterocycles. The predicted molar refractivity (Wildman–Crippen MR) is 107 cm³/mol. The molecule has 3 N–H and O–H groups in total. The van der Waals surface area contributed by atoms with Crippen LogP contribution in [0.1, 0.15) is 15.9 Å². The maximum Gasteiger partial charge on any atom is 0.490 e. The summed E-state index contributed by atoms with van der Waals surface area (Å²) < 4.78 is 31.7. The monoisotopic (exact) mass is 444 g/mol. The fourth-order valence-corrected chi connectivity index (χ4v) is 2.87. The molecule has 3 rings (SSSR count). The number of rotatable bonds is 3. The summed E-state index contributed by atoms with van der Waals surface area (Å²) in [6.45, 7) is 5.60. The number of hydrogen-bond donors (Lipinski definition) is 3. The van der Waals surface area contributed by atoms with Crippen LogP contribution in [-0.2, 0) is 4.79 Å². The van der Waals surface area contributed by atoms with Gasteiger partial charge < -0.3 is 20.6 Å². The average Bonchev–Trinajstić information content (AvgIpc) is 2.68. The Morgan fingerprint density at radius 3 is 2.40 bits per heavy atom. The number of aryl methyl sites for hydroxylation is 1. The van der Waals surface area contributed by atoms with Crippen LogP contribution >= 0.6 is 11.6 Å². The Labute approximate surface area is 175 Å². The summed E-state index contributed by atoms with van der Waals surface area (Å²) in [7, 11) is 0. The van der Waals surface area contributed by atoms with E-state index < -0.39 is 12.1 Å². The second-order valence-electron chi connectivity index (χ2n) is 6.36. The van der Waals surface area contributed by atoms with E-state index in [1.165, 1.54) is 0 Å². The molecule has 2 aromatic rings. The second kappa shape index (κ2) is 10.3. The summed E-state index contributed by atoms with van der Waals surface area (Å²) >= 11 is 5.94. The summed E-state index contributed by atoms with van der Waals surface area (Å²) in [5, 5.41) is 14.0. The summed E-state index contributed by atoms with van der Waals surface area (Å²) in [5.41, 5.74) is 2.22. The van der Waals surface area contributed by atoms with Crippen LogP contribution < -0.4 is 15.5 Å². The van der Waals surface area contributed by atoms with Crippen LogP contribution in [0.2, 0.25) is 5.02 Å². The van der Waals surface area contributed by atoms with Gasteiger partial charge in [0.1, 0.15) is 5.82 Å². The summed E-state index contributed by atoms with van der Waals surface area (Å²) in [4.78, 5) is 27.9. The number of nitrogens with zero attached hydrogens (tertiary/aromatic N) is 2. The maximum absolute atomic E-state index is 12.4. The number of piperazine rings is 1. The molecule has 0 spiro atoms. The Kier molecular flexibility index (Phi) is 8.01. The van der Waals surface area contributed by atoms with Gasteiger partial charge in [0.15, 0.2) is 0 Å². The van der Waals surface area contributed by atoms with Crippen LogP contribution in [-0.4, -0.2) is 54.3 Å². The molecule has 11 heteroatoms. The molecule has 2 heterocycles. The number of benzene rings is 1. The van der Waals surface area contributed by atoms with Crippen LogP contribution in [0.15, 0.2) is 36.5 Å². The van der Waals surface area contributed by atoms with E-state index in [1.807, 2.05) is 13.0 Å². The number of hydrogen-bond acceptors (Lipinski definition) is 5. The molecule has 0 saturated carbocycles. The van der Waals surface area contributed by atoms with E-state index in [-0.39, 0.29) is 5.91 Å². The summed E-state index contributed by atoms with van der Waals surface area (Å²) in [6.07, 6.45) is -3.36. The quantitative estimate of drug-likeness (QED) is 0.672. The molecule has 0 unspecified atom stereocenters. The highest BCUT2D eigenvalue weighted by atomic mass is 35.5.